The molecule has 0 radical (unpaired) electrons. The van der Waals surface area contributed by atoms with Crippen molar-refractivity contribution in [2.75, 3.05) is 13.1 Å². The van der Waals surface area contributed by atoms with Crippen molar-refractivity contribution in [3.63, 3.8) is 0 Å². The fourth-order valence-corrected chi connectivity index (χ4v) is 1.97. The second-order valence-corrected chi connectivity index (χ2v) is 4.22. The Hall–Kier alpha value is -1.53. The maximum Gasteiger partial charge on any atom is 0.394 e. The Labute approximate surface area is 102 Å². The van der Waals surface area contributed by atoms with Crippen LogP contribution in [0.4, 0.5) is 13.2 Å². The molecule has 18 heavy (non-hydrogen) atoms. The van der Waals surface area contributed by atoms with Crippen LogP contribution in [0.25, 0.3) is 0 Å². The molecule has 0 saturated carbocycles. The van der Waals surface area contributed by atoms with Gasteiger partial charge in [0.05, 0.1) is 11.8 Å². The molecule has 1 aliphatic rings. The van der Waals surface area contributed by atoms with Gasteiger partial charge in [-0.05, 0) is 6.42 Å². The molecule has 1 fully saturated rings. The zero-order valence-electron chi connectivity index (χ0n) is 9.61. The van der Waals surface area contributed by atoms with Crippen LogP contribution in [0.1, 0.15) is 12.8 Å². The molecule has 0 spiro atoms. The van der Waals surface area contributed by atoms with Gasteiger partial charge in [-0.1, -0.05) is 6.08 Å². The number of carboxylic acid groups (broad SMARTS) is 1. The second-order valence-electron chi connectivity index (χ2n) is 4.22. The largest absolute Gasteiger partial charge is 0.481 e. The Morgan fingerprint density at radius 2 is 2.00 bits per heavy atom. The number of amides is 1. The zero-order valence-corrected chi connectivity index (χ0v) is 9.61. The molecule has 2 atom stereocenters. The summed E-state index contributed by atoms with van der Waals surface area (Å²) in [5.41, 5.74) is 0. The van der Waals surface area contributed by atoms with Crippen molar-refractivity contribution in [1.82, 2.24) is 4.90 Å². The van der Waals surface area contributed by atoms with Gasteiger partial charge in [0.25, 0.3) is 0 Å². The molecule has 4 nitrogen and oxygen atoms in total. The molecular formula is C11H14F3NO3. The van der Waals surface area contributed by atoms with E-state index in [0.29, 0.717) is 6.42 Å². The van der Waals surface area contributed by atoms with Crippen LogP contribution < -0.4 is 0 Å². The minimum atomic E-state index is -4.60. The maximum absolute atomic E-state index is 12.6. The Balaban J connectivity index is 2.75. The molecule has 0 unspecified atom stereocenters. The molecule has 1 heterocycles. The second kappa shape index (κ2) is 5.41. The van der Waals surface area contributed by atoms with E-state index in [1.165, 1.54) is 6.08 Å². The third-order valence-electron chi connectivity index (χ3n) is 2.97. The zero-order chi connectivity index (χ0) is 13.9. The number of carboxylic acids is 1. The standard InChI is InChI=1S/C11H14F3NO3/c1-2-3-4-9(16)15-5-7(10(17)18)8(6-15)11(12,13)14/h2,7-8H,1,3-6H2,(H,17,18)/t7-,8-/m1/s1. The molecule has 7 heteroatoms. The number of aliphatic carboxylic acids is 1. The summed E-state index contributed by atoms with van der Waals surface area (Å²) in [5.74, 6) is -5.54. The quantitative estimate of drug-likeness (QED) is 0.787. The summed E-state index contributed by atoms with van der Waals surface area (Å²) < 4.78 is 37.9. The molecule has 0 aromatic heterocycles. The van der Waals surface area contributed by atoms with Gasteiger partial charge in [0.15, 0.2) is 0 Å². The van der Waals surface area contributed by atoms with E-state index in [-0.39, 0.29) is 13.0 Å². The predicted octanol–water partition coefficient (Wildman–Crippen LogP) is 1.67. The Kier molecular flexibility index (Phi) is 4.37. The lowest BCUT2D eigenvalue weighted by atomic mass is 9.96. The van der Waals surface area contributed by atoms with Gasteiger partial charge in [-0.25, -0.2) is 0 Å². The fourth-order valence-electron chi connectivity index (χ4n) is 1.97. The first-order chi connectivity index (χ1) is 8.27. The molecule has 1 saturated heterocycles. The van der Waals surface area contributed by atoms with Crippen molar-refractivity contribution < 1.29 is 27.9 Å². The van der Waals surface area contributed by atoms with Crippen LogP contribution in [-0.2, 0) is 9.59 Å². The molecule has 1 rings (SSSR count). The van der Waals surface area contributed by atoms with Gasteiger partial charge in [-0.15, -0.1) is 6.58 Å². The van der Waals surface area contributed by atoms with Crippen LogP contribution in [-0.4, -0.2) is 41.1 Å². The number of likely N-dealkylation sites (tertiary alicyclic amines) is 1. The number of halogens is 3. The number of hydrogen-bond acceptors (Lipinski definition) is 2. The summed E-state index contributed by atoms with van der Waals surface area (Å²) in [6.45, 7) is 2.46. The van der Waals surface area contributed by atoms with Crippen LogP contribution in [0, 0.1) is 11.8 Å². The molecule has 0 bridgehead atoms. The monoisotopic (exact) mass is 265 g/mol. The number of rotatable bonds is 4. The first-order valence-electron chi connectivity index (χ1n) is 5.45. The normalized spacial score (nSPS) is 24.1. The maximum atomic E-state index is 12.6. The van der Waals surface area contributed by atoms with Crippen molar-refractivity contribution in [3.8, 4) is 0 Å². The molecule has 102 valence electrons. The summed E-state index contributed by atoms with van der Waals surface area (Å²) in [6.07, 6.45) is -2.69. The fraction of sp³-hybridized carbons (Fsp3) is 0.636. The SMILES string of the molecule is C=CCCC(=O)N1C[C@@H](C(F)(F)F)[C@H](C(=O)O)C1. The molecule has 1 aliphatic heterocycles. The number of nitrogens with zero attached hydrogens (tertiary/aromatic N) is 1. The van der Waals surface area contributed by atoms with Gasteiger partial charge >= 0.3 is 12.1 Å². The Bertz CT molecular complexity index is 354. The lowest BCUT2D eigenvalue weighted by Gasteiger charge is -2.18. The molecule has 0 aromatic rings. The van der Waals surface area contributed by atoms with E-state index in [0.717, 1.165) is 4.90 Å². The van der Waals surface area contributed by atoms with Crippen molar-refractivity contribution in [2.24, 2.45) is 11.8 Å². The van der Waals surface area contributed by atoms with Crippen LogP contribution in [0.15, 0.2) is 12.7 Å². The van der Waals surface area contributed by atoms with E-state index >= 15 is 0 Å². The van der Waals surface area contributed by atoms with E-state index in [1.54, 1.807) is 0 Å². The Morgan fingerprint density at radius 3 is 2.39 bits per heavy atom. The van der Waals surface area contributed by atoms with Gasteiger partial charge in [0.2, 0.25) is 5.91 Å². The van der Waals surface area contributed by atoms with Crippen LogP contribution in [0.3, 0.4) is 0 Å². The average Bonchev–Trinajstić information content (AvgIpc) is 2.70. The number of carbonyl (C=O) groups is 2. The first-order valence-corrected chi connectivity index (χ1v) is 5.45. The van der Waals surface area contributed by atoms with Crippen LogP contribution >= 0.6 is 0 Å². The lowest BCUT2D eigenvalue weighted by Crippen LogP contribution is -2.34. The van der Waals surface area contributed by atoms with E-state index in [1.807, 2.05) is 0 Å². The number of alkyl halides is 3. The first kappa shape index (κ1) is 14.5. The topological polar surface area (TPSA) is 57.6 Å². The van der Waals surface area contributed by atoms with E-state index < -0.39 is 36.4 Å². The van der Waals surface area contributed by atoms with Crippen molar-refractivity contribution in [3.05, 3.63) is 12.7 Å². The van der Waals surface area contributed by atoms with Crippen LogP contribution in [0.2, 0.25) is 0 Å². The number of hydrogen-bond donors (Lipinski definition) is 1. The highest BCUT2D eigenvalue weighted by atomic mass is 19.4. The van der Waals surface area contributed by atoms with Crippen molar-refractivity contribution in [1.29, 1.82) is 0 Å². The highest BCUT2D eigenvalue weighted by Gasteiger charge is 2.53. The number of allylic oxidation sites excluding steroid dienone is 1. The third kappa shape index (κ3) is 3.24. The summed E-state index contributed by atoms with van der Waals surface area (Å²) in [4.78, 5) is 23.3. The highest BCUT2D eigenvalue weighted by Crippen LogP contribution is 2.37. The van der Waals surface area contributed by atoms with E-state index in [2.05, 4.69) is 6.58 Å². The minimum absolute atomic E-state index is 0.0560. The summed E-state index contributed by atoms with van der Waals surface area (Å²) >= 11 is 0. The molecule has 0 aliphatic carbocycles. The molecule has 0 aromatic carbocycles. The summed E-state index contributed by atoms with van der Waals surface area (Å²) in [6, 6.07) is 0. The van der Waals surface area contributed by atoms with Gasteiger partial charge in [-0.2, -0.15) is 13.2 Å². The third-order valence-corrected chi connectivity index (χ3v) is 2.97. The van der Waals surface area contributed by atoms with Crippen LogP contribution in [0.5, 0.6) is 0 Å². The predicted molar refractivity (Wildman–Crippen MR) is 56.7 cm³/mol. The van der Waals surface area contributed by atoms with Gasteiger partial charge in [0, 0.05) is 19.5 Å². The summed E-state index contributed by atoms with van der Waals surface area (Å²) in [7, 11) is 0. The van der Waals surface area contributed by atoms with Crippen molar-refractivity contribution >= 4 is 11.9 Å². The molecular weight excluding hydrogens is 251 g/mol. The van der Waals surface area contributed by atoms with Gasteiger partial charge in [-0.3, -0.25) is 9.59 Å². The van der Waals surface area contributed by atoms with Crippen molar-refractivity contribution in [2.45, 2.75) is 19.0 Å². The minimum Gasteiger partial charge on any atom is -0.481 e. The Morgan fingerprint density at radius 1 is 1.39 bits per heavy atom. The average molecular weight is 265 g/mol. The highest BCUT2D eigenvalue weighted by molar-refractivity contribution is 5.79. The number of carbonyl (C=O) groups excluding carboxylic acids is 1. The lowest BCUT2D eigenvalue weighted by molar-refractivity contribution is -0.188. The van der Waals surface area contributed by atoms with E-state index in [4.69, 9.17) is 5.11 Å². The van der Waals surface area contributed by atoms with Gasteiger partial charge < -0.3 is 10.0 Å². The van der Waals surface area contributed by atoms with Gasteiger partial charge in [0.1, 0.15) is 0 Å². The van der Waals surface area contributed by atoms with E-state index in [9.17, 15) is 22.8 Å². The summed E-state index contributed by atoms with van der Waals surface area (Å²) in [5, 5.41) is 8.77. The molecule has 1 N–H and O–H groups in total. The smallest absolute Gasteiger partial charge is 0.394 e. The molecule has 1 amide bonds.